The average molecular weight is 280 g/mol. The highest BCUT2D eigenvalue weighted by Crippen LogP contribution is 2.30. The molecule has 110 valence electrons. The van der Waals surface area contributed by atoms with Gasteiger partial charge in [-0.25, -0.2) is 0 Å². The van der Waals surface area contributed by atoms with E-state index in [2.05, 4.69) is 15.5 Å². The van der Waals surface area contributed by atoms with Crippen LogP contribution in [0.15, 0.2) is 6.33 Å². The van der Waals surface area contributed by atoms with Gasteiger partial charge in [0.05, 0.1) is 18.4 Å². The number of hydrogen-bond acceptors (Lipinski definition) is 4. The smallest absolute Gasteiger partial charge is 0.307 e. The molecule has 1 aromatic rings. The standard InChI is InChI=1S/C13H20N4O3/c1-2-17-8-15-16-11(17)7-14-12(18)9-5-3-4-6-10(9)13(19)20/h8-10H,2-7H2,1H3,(H,14,18)(H,19,20)/t9-,10+/m1/s1. The molecular formula is C13H20N4O3. The fraction of sp³-hybridized carbons (Fsp3) is 0.692. The molecular weight excluding hydrogens is 260 g/mol. The Morgan fingerprint density at radius 2 is 2.10 bits per heavy atom. The molecule has 1 aliphatic carbocycles. The van der Waals surface area contributed by atoms with Crippen LogP contribution >= 0.6 is 0 Å². The summed E-state index contributed by atoms with van der Waals surface area (Å²) < 4.78 is 1.84. The predicted molar refractivity (Wildman–Crippen MR) is 70.6 cm³/mol. The van der Waals surface area contributed by atoms with Gasteiger partial charge in [0, 0.05) is 6.54 Å². The van der Waals surface area contributed by atoms with Crippen LogP contribution in [-0.2, 0) is 22.7 Å². The number of nitrogens with one attached hydrogen (secondary N) is 1. The zero-order valence-electron chi connectivity index (χ0n) is 11.6. The number of carbonyl (C=O) groups is 2. The Morgan fingerprint density at radius 3 is 2.75 bits per heavy atom. The van der Waals surface area contributed by atoms with E-state index in [1.165, 1.54) is 0 Å². The van der Waals surface area contributed by atoms with Gasteiger partial charge in [-0.3, -0.25) is 9.59 Å². The quantitative estimate of drug-likeness (QED) is 0.831. The van der Waals surface area contributed by atoms with Crippen molar-refractivity contribution in [2.45, 2.75) is 45.7 Å². The molecule has 7 nitrogen and oxygen atoms in total. The van der Waals surface area contributed by atoms with E-state index in [1.807, 2.05) is 11.5 Å². The Bertz CT molecular complexity index is 486. The molecule has 0 radical (unpaired) electrons. The lowest BCUT2D eigenvalue weighted by Gasteiger charge is -2.27. The summed E-state index contributed by atoms with van der Waals surface area (Å²) in [7, 11) is 0. The zero-order valence-corrected chi connectivity index (χ0v) is 11.6. The molecule has 1 aliphatic rings. The van der Waals surface area contributed by atoms with Gasteiger partial charge < -0.3 is 15.0 Å². The molecule has 0 spiro atoms. The molecule has 0 saturated heterocycles. The van der Waals surface area contributed by atoms with Crippen molar-refractivity contribution in [3.63, 3.8) is 0 Å². The molecule has 7 heteroatoms. The third kappa shape index (κ3) is 3.15. The number of amides is 1. The lowest BCUT2D eigenvalue weighted by molar-refractivity contribution is -0.148. The molecule has 1 aromatic heterocycles. The Hall–Kier alpha value is -1.92. The van der Waals surface area contributed by atoms with Crippen LogP contribution in [0.25, 0.3) is 0 Å². The predicted octanol–water partition coefficient (Wildman–Crippen LogP) is 0.805. The second-order valence-electron chi connectivity index (χ2n) is 5.09. The lowest BCUT2D eigenvalue weighted by Crippen LogP contribution is -2.39. The highest BCUT2D eigenvalue weighted by molar-refractivity contribution is 5.84. The molecule has 0 aliphatic heterocycles. The molecule has 1 amide bonds. The molecule has 1 saturated carbocycles. The maximum Gasteiger partial charge on any atom is 0.307 e. The molecule has 20 heavy (non-hydrogen) atoms. The number of aliphatic carboxylic acids is 1. The largest absolute Gasteiger partial charge is 0.481 e. The first-order chi connectivity index (χ1) is 9.63. The van der Waals surface area contributed by atoms with Crippen LogP contribution in [0, 0.1) is 11.8 Å². The van der Waals surface area contributed by atoms with E-state index in [4.69, 9.17) is 0 Å². The van der Waals surface area contributed by atoms with Crippen molar-refractivity contribution in [1.29, 1.82) is 0 Å². The summed E-state index contributed by atoms with van der Waals surface area (Å²) in [6.45, 7) is 2.99. The second kappa shape index (κ2) is 6.49. The van der Waals surface area contributed by atoms with Crippen LogP contribution in [0.5, 0.6) is 0 Å². The van der Waals surface area contributed by atoms with Crippen molar-refractivity contribution >= 4 is 11.9 Å². The van der Waals surface area contributed by atoms with Crippen LogP contribution in [0.1, 0.15) is 38.4 Å². The summed E-state index contributed by atoms with van der Waals surface area (Å²) in [4.78, 5) is 23.4. The summed E-state index contributed by atoms with van der Waals surface area (Å²) in [5.41, 5.74) is 0. The van der Waals surface area contributed by atoms with Crippen molar-refractivity contribution < 1.29 is 14.7 Å². The fourth-order valence-corrected chi connectivity index (χ4v) is 2.72. The van der Waals surface area contributed by atoms with Gasteiger partial charge in [0.2, 0.25) is 5.91 Å². The molecule has 1 heterocycles. The van der Waals surface area contributed by atoms with Gasteiger partial charge in [-0.05, 0) is 19.8 Å². The van der Waals surface area contributed by atoms with Crippen molar-refractivity contribution in [2.24, 2.45) is 11.8 Å². The number of rotatable bonds is 5. The lowest BCUT2D eigenvalue weighted by atomic mass is 9.79. The maximum absolute atomic E-state index is 12.2. The highest BCUT2D eigenvalue weighted by atomic mass is 16.4. The Morgan fingerprint density at radius 1 is 1.40 bits per heavy atom. The Balaban J connectivity index is 1.95. The average Bonchev–Trinajstić information content (AvgIpc) is 2.92. The highest BCUT2D eigenvalue weighted by Gasteiger charge is 2.35. The van der Waals surface area contributed by atoms with Gasteiger partial charge in [-0.15, -0.1) is 10.2 Å². The van der Waals surface area contributed by atoms with E-state index in [-0.39, 0.29) is 12.5 Å². The molecule has 2 atom stereocenters. The monoisotopic (exact) mass is 280 g/mol. The topological polar surface area (TPSA) is 97.1 Å². The summed E-state index contributed by atoms with van der Waals surface area (Å²) in [5.74, 6) is -1.38. The maximum atomic E-state index is 12.2. The molecule has 1 fully saturated rings. The third-order valence-corrected chi connectivity index (χ3v) is 3.88. The zero-order chi connectivity index (χ0) is 14.5. The Kier molecular flexibility index (Phi) is 4.70. The number of aryl methyl sites for hydroxylation is 1. The SMILES string of the molecule is CCn1cnnc1CNC(=O)[C@@H]1CCCC[C@@H]1C(=O)O. The van der Waals surface area contributed by atoms with Gasteiger partial charge in [0.15, 0.2) is 5.82 Å². The van der Waals surface area contributed by atoms with Crippen LogP contribution in [-0.4, -0.2) is 31.7 Å². The van der Waals surface area contributed by atoms with Crippen LogP contribution in [0.3, 0.4) is 0 Å². The molecule has 2 N–H and O–H groups in total. The molecule has 0 aromatic carbocycles. The summed E-state index contributed by atoms with van der Waals surface area (Å²) in [6.07, 6.45) is 4.63. The molecule has 0 bridgehead atoms. The van der Waals surface area contributed by atoms with Crippen molar-refractivity contribution in [2.75, 3.05) is 0 Å². The van der Waals surface area contributed by atoms with Gasteiger partial charge in [-0.1, -0.05) is 12.8 Å². The Labute approximate surface area is 117 Å². The van der Waals surface area contributed by atoms with E-state index in [0.717, 1.165) is 19.4 Å². The minimum atomic E-state index is -0.874. The number of nitrogens with zero attached hydrogens (tertiary/aromatic N) is 3. The van der Waals surface area contributed by atoms with E-state index < -0.39 is 17.8 Å². The van der Waals surface area contributed by atoms with E-state index in [9.17, 15) is 14.7 Å². The fourth-order valence-electron chi connectivity index (χ4n) is 2.72. The minimum absolute atomic E-state index is 0.192. The first-order valence-electron chi connectivity index (χ1n) is 7.00. The number of carbonyl (C=O) groups excluding carboxylic acids is 1. The first-order valence-corrected chi connectivity index (χ1v) is 7.00. The minimum Gasteiger partial charge on any atom is -0.481 e. The number of aromatic nitrogens is 3. The van der Waals surface area contributed by atoms with Crippen LogP contribution < -0.4 is 5.32 Å². The molecule has 2 rings (SSSR count). The van der Waals surface area contributed by atoms with Gasteiger partial charge in [-0.2, -0.15) is 0 Å². The van der Waals surface area contributed by atoms with Crippen molar-refractivity contribution in [3.8, 4) is 0 Å². The van der Waals surface area contributed by atoms with Crippen LogP contribution in [0.4, 0.5) is 0 Å². The van der Waals surface area contributed by atoms with E-state index in [0.29, 0.717) is 18.7 Å². The number of hydrogen-bond donors (Lipinski definition) is 2. The van der Waals surface area contributed by atoms with Gasteiger partial charge in [0.1, 0.15) is 6.33 Å². The van der Waals surface area contributed by atoms with Gasteiger partial charge >= 0.3 is 5.97 Å². The van der Waals surface area contributed by atoms with E-state index >= 15 is 0 Å². The van der Waals surface area contributed by atoms with Crippen LogP contribution in [0.2, 0.25) is 0 Å². The summed E-state index contributed by atoms with van der Waals surface area (Å²) in [5, 5.41) is 19.7. The third-order valence-electron chi connectivity index (χ3n) is 3.88. The normalized spacial score (nSPS) is 22.4. The van der Waals surface area contributed by atoms with Crippen molar-refractivity contribution in [3.05, 3.63) is 12.2 Å². The molecule has 0 unspecified atom stereocenters. The summed E-state index contributed by atoms with van der Waals surface area (Å²) >= 11 is 0. The summed E-state index contributed by atoms with van der Waals surface area (Å²) in [6, 6.07) is 0. The first kappa shape index (κ1) is 14.5. The second-order valence-corrected chi connectivity index (χ2v) is 5.09. The number of carboxylic acid groups (broad SMARTS) is 1. The van der Waals surface area contributed by atoms with E-state index in [1.54, 1.807) is 6.33 Å². The van der Waals surface area contributed by atoms with Crippen molar-refractivity contribution in [1.82, 2.24) is 20.1 Å². The van der Waals surface area contributed by atoms with Gasteiger partial charge in [0.25, 0.3) is 0 Å². The number of carboxylic acids is 1.